The molecule has 2 fully saturated rings. The van der Waals surface area contributed by atoms with Crippen molar-refractivity contribution in [3.8, 4) is 0 Å². The molecule has 2 aliphatic heterocycles. The minimum Gasteiger partial charge on any atom is -0.377 e. The second-order valence-electron chi connectivity index (χ2n) is 6.78. The van der Waals surface area contributed by atoms with E-state index in [-0.39, 0.29) is 17.9 Å². The number of halogens is 3. The number of pyridine rings is 1. The molecular weight excluding hydrogens is 335 g/mol. The van der Waals surface area contributed by atoms with Gasteiger partial charge in [-0.25, -0.2) is 0 Å². The van der Waals surface area contributed by atoms with E-state index in [4.69, 9.17) is 10.5 Å². The van der Waals surface area contributed by atoms with Crippen LogP contribution in [0.15, 0.2) is 18.3 Å². The van der Waals surface area contributed by atoms with Crippen LogP contribution in [0.3, 0.4) is 0 Å². The van der Waals surface area contributed by atoms with Crippen molar-refractivity contribution < 1.29 is 22.7 Å². The first-order valence-electron chi connectivity index (χ1n) is 8.50. The molecule has 1 aromatic rings. The molecule has 0 bridgehead atoms. The van der Waals surface area contributed by atoms with E-state index in [1.54, 1.807) is 0 Å². The Morgan fingerprint density at radius 3 is 2.56 bits per heavy atom. The Bertz CT molecular complexity index is 598. The molecule has 2 atom stereocenters. The van der Waals surface area contributed by atoms with Crippen molar-refractivity contribution in [2.75, 3.05) is 19.7 Å². The van der Waals surface area contributed by atoms with Crippen LogP contribution >= 0.6 is 0 Å². The molecule has 0 unspecified atom stereocenters. The number of rotatable bonds is 4. The zero-order chi connectivity index (χ0) is 18.0. The molecule has 0 saturated carbocycles. The fourth-order valence-electron chi connectivity index (χ4n) is 3.73. The first-order chi connectivity index (χ1) is 11.8. The lowest BCUT2D eigenvalue weighted by molar-refractivity contribution is -0.137. The monoisotopic (exact) mass is 357 g/mol. The average Bonchev–Trinajstić information content (AvgIpc) is 3.05. The van der Waals surface area contributed by atoms with E-state index in [9.17, 15) is 18.0 Å². The van der Waals surface area contributed by atoms with Crippen LogP contribution in [-0.4, -0.2) is 41.6 Å². The first-order valence-corrected chi connectivity index (χ1v) is 8.50. The molecule has 0 radical (unpaired) electrons. The van der Waals surface area contributed by atoms with Gasteiger partial charge in [-0.15, -0.1) is 0 Å². The molecule has 25 heavy (non-hydrogen) atoms. The highest BCUT2D eigenvalue weighted by Gasteiger charge is 2.39. The van der Waals surface area contributed by atoms with Gasteiger partial charge in [-0.2, -0.15) is 13.2 Å². The van der Waals surface area contributed by atoms with Gasteiger partial charge >= 0.3 is 6.18 Å². The lowest BCUT2D eigenvalue weighted by Gasteiger charge is -2.35. The Morgan fingerprint density at radius 2 is 2.00 bits per heavy atom. The van der Waals surface area contributed by atoms with Gasteiger partial charge in [-0.3, -0.25) is 14.7 Å². The smallest absolute Gasteiger partial charge is 0.377 e. The number of carbonyl (C=O) groups excluding carboxylic acids is 1. The molecular formula is C17H22F3N3O2. The molecule has 2 aliphatic rings. The number of hydrogen-bond acceptors (Lipinski definition) is 4. The summed E-state index contributed by atoms with van der Waals surface area (Å²) >= 11 is 0. The van der Waals surface area contributed by atoms with E-state index in [0.29, 0.717) is 31.2 Å². The van der Waals surface area contributed by atoms with Crippen molar-refractivity contribution in [2.45, 2.75) is 38.1 Å². The van der Waals surface area contributed by atoms with E-state index >= 15 is 0 Å². The highest BCUT2D eigenvalue weighted by molar-refractivity contribution is 5.77. The van der Waals surface area contributed by atoms with Crippen molar-refractivity contribution in [1.29, 1.82) is 0 Å². The van der Waals surface area contributed by atoms with E-state index in [2.05, 4.69) is 9.88 Å². The number of hydrogen-bond donors (Lipinski definition) is 1. The quantitative estimate of drug-likeness (QED) is 0.897. The van der Waals surface area contributed by atoms with E-state index in [1.807, 2.05) is 0 Å². The molecule has 138 valence electrons. The third-order valence-electron chi connectivity index (χ3n) is 5.14. The lowest BCUT2D eigenvalue weighted by Crippen LogP contribution is -2.42. The number of piperidine rings is 1. The second kappa shape index (κ2) is 7.29. The van der Waals surface area contributed by atoms with Crippen LogP contribution in [0.1, 0.15) is 30.5 Å². The van der Waals surface area contributed by atoms with Gasteiger partial charge in [0.1, 0.15) is 0 Å². The summed E-state index contributed by atoms with van der Waals surface area (Å²) in [6.07, 6.45) is -1.11. The molecule has 0 aromatic carbocycles. The molecule has 8 heteroatoms. The Hall–Kier alpha value is -1.67. The standard InChI is InChI=1S/C17H22F3N3O2/c18-17(19,20)12-1-2-13(22-9-12)10-23-6-3-11(4-7-23)15-14(16(21)24)5-8-25-15/h1-2,9,11,14-15H,3-8,10H2,(H2,21,24)/t14-,15+/m0/s1. The average molecular weight is 357 g/mol. The summed E-state index contributed by atoms with van der Waals surface area (Å²) in [6, 6.07) is 2.50. The summed E-state index contributed by atoms with van der Waals surface area (Å²) in [4.78, 5) is 17.6. The van der Waals surface area contributed by atoms with Gasteiger partial charge in [0.2, 0.25) is 5.91 Å². The minimum absolute atomic E-state index is 0.0937. The fraction of sp³-hybridized carbons (Fsp3) is 0.647. The van der Waals surface area contributed by atoms with Crippen LogP contribution in [0, 0.1) is 11.8 Å². The van der Waals surface area contributed by atoms with E-state index in [1.165, 1.54) is 6.07 Å². The third-order valence-corrected chi connectivity index (χ3v) is 5.14. The largest absolute Gasteiger partial charge is 0.417 e. The number of nitrogens with two attached hydrogens (primary N) is 1. The number of carbonyl (C=O) groups is 1. The number of alkyl halides is 3. The molecule has 2 N–H and O–H groups in total. The Balaban J connectivity index is 1.52. The fourth-order valence-corrected chi connectivity index (χ4v) is 3.73. The van der Waals surface area contributed by atoms with Crippen molar-refractivity contribution in [1.82, 2.24) is 9.88 Å². The van der Waals surface area contributed by atoms with Crippen LogP contribution in [0.2, 0.25) is 0 Å². The van der Waals surface area contributed by atoms with Gasteiger partial charge in [-0.05, 0) is 50.4 Å². The lowest BCUT2D eigenvalue weighted by atomic mass is 9.84. The zero-order valence-corrected chi connectivity index (χ0v) is 13.8. The Labute approximate surface area is 144 Å². The molecule has 0 spiro atoms. The summed E-state index contributed by atoms with van der Waals surface area (Å²) in [5.74, 6) is -0.191. The molecule has 1 amide bonds. The van der Waals surface area contributed by atoms with Gasteiger partial charge in [-0.1, -0.05) is 0 Å². The highest BCUT2D eigenvalue weighted by atomic mass is 19.4. The summed E-state index contributed by atoms with van der Waals surface area (Å²) in [5.41, 5.74) is 5.34. The van der Waals surface area contributed by atoms with Gasteiger partial charge in [0.15, 0.2) is 0 Å². The number of primary amides is 1. The maximum atomic E-state index is 12.6. The Kier molecular flexibility index (Phi) is 5.29. The summed E-state index contributed by atoms with van der Waals surface area (Å²) < 4.78 is 43.4. The SMILES string of the molecule is NC(=O)[C@H]1CCO[C@@H]1C1CCN(Cc2ccc(C(F)(F)F)cn2)CC1. The first kappa shape index (κ1) is 18.1. The van der Waals surface area contributed by atoms with Crippen LogP contribution in [-0.2, 0) is 22.3 Å². The summed E-state index contributed by atoms with van der Waals surface area (Å²) in [7, 11) is 0. The van der Waals surface area contributed by atoms with Crippen molar-refractivity contribution in [3.05, 3.63) is 29.6 Å². The maximum absolute atomic E-state index is 12.6. The topological polar surface area (TPSA) is 68.5 Å². The van der Waals surface area contributed by atoms with Gasteiger partial charge in [0.25, 0.3) is 0 Å². The van der Waals surface area contributed by atoms with Crippen LogP contribution in [0.4, 0.5) is 13.2 Å². The molecule has 2 saturated heterocycles. The predicted octanol–water partition coefficient (Wildman–Crippen LogP) is 2.20. The molecule has 1 aromatic heterocycles. The molecule has 5 nitrogen and oxygen atoms in total. The van der Waals surface area contributed by atoms with Crippen molar-refractivity contribution in [3.63, 3.8) is 0 Å². The molecule has 3 rings (SSSR count). The van der Waals surface area contributed by atoms with E-state index in [0.717, 1.165) is 38.2 Å². The molecule has 0 aliphatic carbocycles. The maximum Gasteiger partial charge on any atom is 0.417 e. The Morgan fingerprint density at radius 1 is 1.28 bits per heavy atom. The number of aromatic nitrogens is 1. The zero-order valence-electron chi connectivity index (χ0n) is 13.8. The van der Waals surface area contributed by atoms with Crippen LogP contribution in [0.25, 0.3) is 0 Å². The number of likely N-dealkylation sites (tertiary alicyclic amines) is 1. The summed E-state index contributed by atoms with van der Waals surface area (Å²) in [5, 5.41) is 0. The number of ether oxygens (including phenoxy) is 1. The number of amides is 1. The number of nitrogens with zero attached hydrogens (tertiary/aromatic N) is 2. The predicted molar refractivity (Wildman–Crippen MR) is 84.3 cm³/mol. The molecule has 3 heterocycles. The third kappa shape index (κ3) is 4.30. The normalized spacial score (nSPS) is 26.0. The van der Waals surface area contributed by atoms with Gasteiger partial charge in [0, 0.05) is 19.3 Å². The van der Waals surface area contributed by atoms with Crippen molar-refractivity contribution in [2.24, 2.45) is 17.6 Å². The highest BCUT2D eigenvalue weighted by Crippen LogP contribution is 2.33. The van der Waals surface area contributed by atoms with Crippen molar-refractivity contribution >= 4 is 5.91 Å². The second-order valence-corrected chi connectivity index (χ2v) is 6.78. The van der Waals surface area contributed by atoms with Gasteiger partial charge in [0.05, 0.1) is 23.3 Å². The van der Waals surface area contributed by atoms with E-state index < -0.39 is 11.7 Å². The minimum atomic E-state index is -4.36. The summed E-state index contributed by atoms with van der Waals surface area (Å²) in [6.45, 7) is 2.71. The van der Waals surface area contributed by atoms with Gasteiger partial charge < -0.3 is 10.5 Å². The van der Waals surface area contributed by atoms with Crippen LogP contribution < -0.4 is 5.73 Å². The van der Waals surface area contributed by atoms with Crippen LogP contribution in [0.5, 0.6) is 0 Å².